The van der Waals surface area contributed by atoms with Crippen LogP contribution >= 0.6 is 0 Å². The van der Waals surface area contributed by atoms with Crippen LogP contribution in [0.3, 0.4) is 0 Å². The summed E-state index contributed by atoms with van der Waals surface area (Å²) in [6.45, 7) is 15.2. The fourth-order valence-electron chi connectivity index (χ4n) is 8.93. The summed E-state index contributed by atoms with van der Waals surface area (Å²) in [4.78, 5) is 162. The number of primary amides is 1. The molecule has 0 aliphatic heterocycles. The zero-order valence-corrected chi connectivity index (χ0v) is 52.5. The summed E-state index contributed by atoms with van der Waals surface area (Å²) in [7, 11) is 0. The highest BCUT2D eigenvalue weighted by atomic mass is 16.6. The van der Waals surface area contributed by atoms with Gasteiger partial charge in [0, 0.05) is 24.8 Å². The van der Waals surface area contributed by atoms with E-state index in [0.717, 1.165) is 12.1 Å². The summed E-state index contributed by atoms with van der Waals surface area (Å²) < 4.78 is 0. The fourth-order valence-corrected chi connectivity index (χ4v) is 8.93. The molecular formula is C57H91N17O16. The van der Waals surface area contributed by atoms with Crippen molar-refractivity contribution in [3.63, 3.8) is 0 Å². The minimum absolute atomic E-state index is 0.0169. The monoisotopic (exact) mass is 1270 g/mol. The summed E-state index contributed by atoms with van der Waals surface area (Å²) in [6, 6.07) is -3.50. The lowest BCUT2D eigenvalue weighted by Gasteiger charge is -2.30. The maximum Gasteiger partial charge on any atom is 0.299 e. The smallest absolute Gasteiger partial charge is 0.299 e. The number of nitrogens with two attached hydrogens (primary N) is 4. The number of amides is 10. The van der Waals surface area contributed by atoms with Crippen LogP contribution in [0.4, 0.5) is 22.7 Å². The Hall–Kier alpha value is -9.27. The van der Waals surface area contributed by atoms with Crippen molar-refractivity contribution >= 4 is 87.8 Å². The Labute approximate surface area is 521 Å². The zero-order chi connectivity index (χ0) is 68.3. The van der Waals surface area contributed by atoms with Crippen LogP contribution in [0.25, 0.3) is 0 Å². The zero-order valence-electron chi connectivity index (χ0n) is 52.5. The van der Waals surface area contributed by atoms with Crippen molar-refractivity contribution < 1.29 is 68.0 Å². The molecule has 2 aromatic carbocycles. The van der Waals surface area contributed by atoms with Gasteiger partial charge in [-0.05, 0) is 101 Å². The van der Waals surface area contributed by atoms with E-state index in [-0.39, 0.29) is 86.3 Å². The Bertz CT molecular complexity index is 2870. The quantitative estimate of drug-likeness (QED) is 0.00922. The second-order valence-electron chi connectivity index (χ2n) is 23.2. The van der Waals surface area contributed by atoms with Gasteiger partial charge < -0.3 is 86.3 Å². The van der Waals surface area contributed by atoms with E-state index in [9.17, 15) is 78.4 Å². The van der Waals surface area contributed by atoms with Crippen LogP contribution in [0.15, 0.2) is 47.5 Å². The molecule has 10 atom stereocenters. The third kappa shape index (κ3) is 25.8. The third-order valence-corrected chi connectivity index (χ3v) is 13.9. The lowest BCUT2D eigenvalue weighted by atomic mass is 9.98. The van der Waals surface area contributed by atoms with Crippen molar-refractivity contribution in [3.8, 4) is 0 Å². The van der Waals surface area contributed by atoms with Crippen LogP contribution in [0.5, 0.6) is 0 Å². The van der Waals surface area contributed by atoms with Crippen molar-refractivity contribution in [2.45, 2.75) is 175 Å². The molecule has 90 heavy (non-hydrogen) atoms. The minimum atomic E-state index is -1.77. The number of nitrogen functional groups attached to an aromatic ring is 1. The first-order chi connectivity index (χ1) is 42.1. The Balaban J connectivity index is 2.26. The van der Waals surface area contributed by atoms with Gasteiger partial charge in [0.15, 0.2) is 5.96 Å². The van der Waals surface area contributed by atoms with E-state index in [2.05, 4.69) is 58.2 Å². The number of para-hydroxylation sites is 1. The number of carbonyl (C=O) groups is 10. The van der Waals surface area contributed by atoms with E-state index in [1.165, 1.54) is 32.0 Å². The van der Waals surface area contributed by atoms with Gasteiger partial charge in [-0.2, -0.15) is 0 Å². The van der Waals surface area contributed by atoms with Gasteiger partial charge in [0.2, 0.25) is 53.2 Å². The summed E-state index contributed by atoms with van der Waals surface area (Å²) in [6.07, 6.45) is -1.10. The van der Waals surface area contributed by atoms with E-state index in [1.807, 2.05) is 0 Å². The number of nitro benzene ring substituents is 2. The van der Waals surface area contributed by atoms with E-state index in [0.29, 0.717) is 6.42 Å². The third-order valence-electron chi connectivity index (χ3n) is 13.9. The lowest BCUT2D eigenvalue weighted by Crippen LogP contribution is -2.62. The Morgan fingerprint density at radius 1 is 0.544 bits per heavy atom. The van der Waals surface area contributed by atoms with Crippen LogP contribution in [-0.2, 0) is 43.2 Å². The molecule has 0 heterocycles. The molecule has 20 N–H and O–H groups in total. The van der Waals surface area contributed by atoms with Crippen LogP contribution in [-0.4, -0.2) is 165 Å². The molecular weight excluding hydrogens is 1180 g/mol. The molecule has 33 nitrogen and oxygen atoms in total. The molecule has 0 unspecified atom stereocenters. The van der Waals surface area contributed by atoms with Crippen molar-refractivity contribution in [1.29, 1.82) is 0 Å². The van der Waals surface area contributed by atoms with Gasteiger partial charge in [0.1, 0.15) is 60.1 Å². The molecule has 500 valence electrons. The number of nitro groups is 2. The number of non-ortho nitro benzene ring substituents is 1. The van der Waals surface area contributed by atoms with Crippen LogP contribution < -0.4 is 76.1 Å². The Morgan fingerprint density at radius 3 is 1.52 bits per heavy atom. The van der Waals surface area contributed by atoms with Gasteiger partial charge >= 0.3 is 0 Å². The van der Waals surface area contributed by atoms with Crippen molar-refractivity contribution in [2.24, 2.45) is 45.9 Å². The molecule has 0 aliphatic carbocycles. The minimum Gasteiger partial charge on any atom is -0.398 e. The first-order valence-corrected chi connectivity index (χ1v) is 29.5. The van der Waals surface area contributed by atoms with E-state index in [1.54, 1.807) is 67.5 Å². The molecule has 0 spiro atoms. The van der Waals surface area contributed by atoms with Gasteiger partial charge in [-0.3, -0.25) is 73.2 Å². The topological polar surface area (TPSA) is 534 Å². The number of rotatable bonds is 39. The highest BCUT2D eigenvalue weighted by molar-refractivity contribution is 6.02. The first-order valence-electron chi connectivity index (χ1n) is 29.5. The van der Waals surface area contributed by atoms with Crippen LogP contribution in [0.1, 0.15) is 125 Å². The number of nitrogens with one attached hydrogen (secondary N) is 10. The normalized spacial score (nSPS) is 14.5. The van der Waals surface area contributed by atoms with Gasteiger partial charge in [-0.25, -0.2) is 0 Å². The number of benzene rings is 2. The Kier molecular flexibility index (Phi) is 32.0. The number of nitrogens with zero attached hydrogens (tertiary/aromatic N) is 3. The number of guanidine groups is 1. The van der Waals surface area contributed by atoms with E-state index in [4.69, 9.17) is 22.9 Å². The molecule has 0 saturated heterocycles. The second kappa shape index (κ2) is 37.5. The number of hydrogen-bond acceptors (Lipinski definition) is 19. The number of aliphatic hydroxyl groups excluding tert-OH is 2. The number of anilines is 2. The fraction of sp³-hybridized carbons (Fsp3) is 0.596. The lowest BCUT2D eigenvalue weighted by molar-refractivity contribution is -0.393. The van der Waals surface area contributed by atoms with Crippen molar-refractivity contribution in [3.05, 3.63) is 68.3 Å². The largest absolute Gasteiger partial charge is 0.398 e. The predicted molar refractivity (Wildman–Crippen MR) is 332 cm³/mol. The summed E-state index contributed by atoms with van der Waals surface area (Å²) in [5.74, 6) is -10.8. The molecule has 0 aromatic heterocycles. The van der Waals surface area contributed by atoms with Gasteiger partial charge in [0.25, 0.3) is 17.3 Å². The molecule has 2 aromatic rings. The molecule has 2 rings (SSSR count). The average molecular weight is 1270 g/mol. The van der Waals surface area contributed by atoms with Gasteiger partial charge in [-0.1, -0.05) is 67.5 Å². The van der Waals surface area contributed by atoms with Gasteiger partial charge in [-0.15, -0.1) is 0 Å². The SMILES string of the molecule is CC(C)C[C@H](NC(=O)[C@H](CC(C)C)NC(=O)[C@@H](NC(=O)[C@H](CCCN=C(N)N)NC(=O)[C@H](C)NC(=O)[C@@H](NC(=O)[C@H](CO)NC(=O)c1ccccc1N)C(C)C)[C@@H](C)O)C(=O)N[C@H](C(=O)N[C@@H](CCCCNc1ccc([N+](=O)[O-])cc1[N+](=O)[O-])C(N)=O)C(C)C. The highest BCUT2D eigenvalue weighted by Gasteiger charge is 2.37. The van der Waals surface area contributed by atoms with Crippen LogP contribution in [0, 0.1) is 43.9 Å². The Morgan fingerprint density at radius 2 is 1.02 bits per heavy atom. The standard InChI is InChI=1S/C57H91N17O16/c1-28(2)24-40(51(81)67-41(25-29(3)4)52(82)70-45(31(7)8)55(85)65-38(47(59)77)18-13-14-22-62-37-21-20-34(73(87)88)26-43(37)74(89)90)68-56(86)46(33(10)76)72-50(80)39(19-15-23-63-57(60)61)66-48(78)32(9)64-54(84)44(30(5)6)71-53(83)42(27-75)69-49(79)35-16-11-12-17-36(35)58/h11-12,16-17,20-21,26,28-33,38-42,44-46,62,75-76H,13-15,18-19,22-25,27,58H2,1-10H3,(H2,59,77)(H,64,84)(H,65,85)(H,66,78)(H,67,81)(H,68,86)(H,69,79)(H,70,82)(H,71,83)(H,72,80)(H4,60,61,63)/t32-,33+,38-,39-,40-,41-,42-,44-,45-,46-/m0/s1. The van der Waals surface area contributed by atoms with Crippen molar-refractivity contribution in [1.82, 2.24) is 47.9 Å². The van der Waals surface area contributed by atoms with E-state index >= 15 is 0 Å². The number of carbonyl (C=O) groups excluding carboxylic acids is 10. The highest BCUT2D eigenvalue weighted by Crippen LogP contribution is 2.29. The second-order valence-corrected chi connectivity index (χ2v) is 23.2. The maximum absolute atomic E-state index is 14.2. The molecule has 0 bridgehead atoms. The average Bonchev–Trinajstić information content (AvgIpc) is 1.21. The number of hydrogen-bond donors (Lipinski definition) is 16. The molecule has 10 amide bonds. The predicted octanol–water partition coefficient (Wildman–Crippen LogP) is -1.32. The molecule has 33 heteroatoms. The van der Waals surface area contributed by atoms with Gasteiger partial charge in [0.05, 0.1) is 34.2 Å². The number of aliphatic imine (C=N–C) groups is 1. The summed E-state index contributed by atoms with van der Waals surface area (Å²) >= 11 is 0. The van der Waals surface area contributed by atoms with Crippen molar-refractivity contribution in [2.75, 3.05) is 30.7 Å². The van der Waals surface area contributed by atoms with E-state index < -0.39 is 159 Å². The number of unbranched alkanes of at least 4 members (excludes halogenated alkanes) is 1. The molecule has 0 aliphatic rings. The maximum atomic E-state index is 14.2. The molecule has 0 fully saturated rings. The first kappa shape index (κ1) is 76.8. The molecule has 0 saturated carbocycles. The van der Waals surface area contributed by atoms with Crippen LogP contribution in [0.2, 0.25) is 0 Å². The molecule has 0 radical (unpaired) electrons. The summed E-state index contributed by atoms with van der Waals surface area (Å²) in [5.41, 5.74) is 21.7. The summed E-state index contributed by atoms with van der Waals surface area (Å²) in [5, 5.41) is 69.2. The number of aliphatic hydroxyl groups is 2.